The first-order chi connectivity index (χ1) is 7.63. The maximum absolute atomic E-state index is 11.2. The molecule has 0 aliphatic carbocycles. The third-order valence-electron chi connectivity index (χ3n) is 3.03. The smallest absolute Gasteiger partial charge is 0.157 e. The highest BCUT2D eigenvalue weighted by molar-refractivity contribution is 8.14. The van der Waals surface area contributed by atoms with Gasteiger partial charge < -0.3 is 5.32 Å². The van der Waals surface area contributed by atoms with Crippen LogP contribution in [0.1, 0.15) is 33.1 Å². The Morgan fingerprint density at radius 3 is 2.69 bits per heavy atom. The average molecular weight is 260 g/mol. The predicted molar refractivity (Wildman–Crippen MR) is 72.6 cm³/mol. The van der Waals surface area contributed by atoms with E-state index in [0.717, 1.165) is 29.5 Å². The summed E-state index contributed by atoms with van der Waals surface area (Å²) in [6.07, 6.45) is 3.18. The highest BCUT2D eigenvalue weighted by Gasteiger charge is 2.22. The van der Waals surface area contributed by atoms with Crippen LogP contribution >= 0.6 is 11.8 Å². The van der Waals surface area contributed by atoms with Crippen molar-refractivity contribution < 1.29 is 4.21 Å². The van der Waals surface area contributed by atoms with Crippen LogP contribution in [-0.4, -0.2) is 38.2 Å². The molecule has 0 aromatic carbocycles. The fourth-order valence-electron chi connectivity index (χ4n) is 2.18. The van der Waals surface area contributed by atoms with Crippen LogP contribution < -0.4 is 5.32 Å². The quantitative estimate of drug-likeness (QED) is 0.781. The van der Waals surface area contributed by atoms with Crippen LogP contribution in [0.4, 0.5) is 0 Å². The van der Waals surface area contributed by atoms with Crippen LogP contribution in [0.3, 0.4) is 0 Å². The Morgan fingerprint density at radius 2 is 2.06 bits per heavy atom. The Hall–Kier alpha value is -0.0300. The van der Waals surface area contributed by atoms with Gasteiger partial charge in [0.15, 0.2) is 5.17 Å². The summed E-state index contributed by atoms with van der Waals surface area (Å²) < 4.78 is 11.2. The second kappa shape index (κ2) is 5.54. The molecule has 0 aromatic rings. The lowest BCUT2D eigenvalue weighted by molar-refractivity contribution is 0.576. The van der Waals surface area contributed by atoms with E-state index in [2.05, 4.69) is 19.2 Å². The molecule has 5 heteroatoms. The van der Waals surface area contributed by atoms with Crippen molar-refractivity contribution in [1.29, 1.82) is 0 Å². The summed E-state index contributed by atoms with van der Waals surface area (Å²) in [6.45, 7) is 4.47. The summed E-state index contributed by atoms with van der Waals surface area (Å²) in [7, 11) is -0.578. The van der Waals surface area contributed by atoms with Crippen LogP contribution in [-0.2, 0) is 10.8 Å². The highest BCUT2D eigenvalue weighted by Crippen LogP contribution is 2.24. The van der Waals surface area contributed by atoms with E-state index in [4.69, 9.17) is 4.99 Å². The summed E-state index contributed by atoms with van der Waals surface area (Å²) in [5.41, 5.74) is 0. The SMILES string of the molecule is CC1CC(C)SC(=NC2CCS(=O)CC2)N1. The third-order valence-corrected chi connectivity index (χ3v) is 5.45. The van der Waals surface area contributed by atoms with Gasteiger partial charge in [0.1, 0.15) is 0 Å². The summed E-state index contributed by atoms with van der Waals surface area (Å²) >= 11 is 1.85. The minimum Gasteiger partial charge on any atom is -0.362 e. The maximum Gasteiger partial charge on any atom is 0.157 e. The zero-order valence-corrected chi connectivity index (χ0v) is 11.6. The average Bonchev–Trinajstić information content (AvgIpc) is 2.20. The molecular formula is C11H20N2OS2. The lowest BCUT2D eigenvalue weighted by Gasteiger charge is -2.28. The molecule has 0 aromatic heterocycles. The van der Waals surface area contributed by atoms with Crippen molar-refractivity contribution in [3.8, 4) is 0 Å². The van der Waals surface area contributed by atoms with Crippen molar-refractivity contribution in [2.24, 2.45) is 4.99 Å². The first kappa shape index (κ1) is 12.4. The van der Waals surface area contributed by atoms with Gasteiger partial charge in [-0.25, -0.2) is 0 Å². The molecule has 2 heterocycles. The molecule has 0 radical (unpaired) electrons. The van der Waals surface area contributed by atoms with Crippen molar-refractivity contribution >= 4 is 27.7 Å². The number of rotatable bonds is 1. The largest absolute Gasteiger partial charge is 0.362 e. The Kier molecular flexibility index (Phi) is 4.30. The molecule has 2 aliphatic heterocycles. The van der Waals surface area contributed by atoms with Crippen molar-refractivity contribution in [1.82, 2.24) is 5.32 Å². The van der Waals surface area contributed by atoms with Crippen LogP contribution in [0, 0.1) is 0 Å². The lowest BCUT2D eigenvalue weighted by Crippen LogP contribution is -2.39. The lowest BCUT2D eigenvalue weighted by atomic mass is 10.2. The zero-order chi connectivity index (χ0) is 11.5. The van der Waals surface area contributed by atoms with Gasteiger partial charge in [-0.1, -0.05) is 18.7 Å². The van der Waals surface area contributed by atoms with E-state index >= 15 is 0 Å². The highest BCUT2D eigenvalue weighted by atomic mass is 32.2. The van der Waals surface area contributed by atoms with Crippen LogP contribution in [0.15, 0.2) is 4.99 Å². The Balaban J connectivity index is 1.92. The first-order valence-electron chi connectivity index (χ1n) is 5.99. The fraction of sp³-hybridized carbons (Fsp3) is 0.909. The minimum atomic E-state index is -0.578. The van der Waals surface area contributed by atoms with Crippen molar-refractivity contribution in [2.75, 3.05) is 11.5 Å². The fourth-order valence-corrected chi connectivity index (χ4v) is 4.70. The van der Waals surface area contributed by atoms with Gasteiger partial charge in [0.05, 0.1) is 6.04 Å². The van der Waals surface area contributed by atoms with E-state index in [9.17, 15) is 4.21 Å². The van der Waals surface area contributed by atoms with E-state index in [0.29, 0.717) is 17.3 Å². The number of nitrogens with one attached hydrogen (secondary N) is 1. The second-order valence-corrected chi connectivity index (χ2v) is 7.85. The van der Waals surface area contributed by atoms with E-state index in [1.54, 1.807) is 0 Å². The standard InChI is InChI=1S/C11H20N2OS2/c1-8-7-9(2)15-11(12-8)13-10-3-5-16(14)6-4-10/h8-10H,3-7H2,1-2H3,(H,12,13). The number of nitrogens with zero attached hydrogens (tertiary/aromatic N) is 1. The minimum absolute atomic E-state index is 0.394. The molecule has 2 fully saturated rings. The summed E-state index contributed by atoms with van der Waals surface area (Å²) in [5.74, 6) is 1.66. The monoisotopic (exact) mass is 260 g/mol. The van der Waals surface area contributed by atoms with Gasteiger partial charge in [0.2, 0.25) is 0 Å². The predicted octanol–water partition coefficient (Wildman–Crippen LogP) is 1.76. The van der Waals surface area contributed by atoms with E-state index < -0.39 is 10.8 Å². The Labute approximate surface area is 104 Å². The molecule has 2 aliphatic rings. The summed E-state index contributed by atoms with van der Waals surface area (Å²) in [5, 5.41) is 5.20. The second-order valence-electron chi connectivity index (χ2n) is 4.72. The number of amidine groups is 1. The van der Waals surface area contributed by atoms with Gasteiger partial charge in [-0.3, -0.25) is 9.20 Å². The van der Waals surface area contributed by atoms with E-state index in [-0.39, 0.29) is 0 Å². The first-order valence-corrected chi connectivity index (χ1v) is 8.36. The molecule has 0 bridgehead atoms. The van der Waals surface area contributed by atoms with Gasteiger partial charge in [-0.2, -0.15) is 0 Å². The van der Waals surface area contributed by atoms with Gasteiger partial charge in [-0.15, -0.1) is 0 Å². The van der Waals surface area contributed by atoms with E-state index in [1.165, 1.54) is 6.42 Å². The van der Waals surface area contributed by atoms with Crippen molar-refractivity contribution in [3.63, 3.8) is 0 Å². The summed E-state index contributed by atoms with van der Waals surface area (Å²) in [4.78, 5) is 4.76. The Bertz CT molecular complexity index is 284. The third kappa shape index (κ3) is 3.48. The molecule has 3 nitrogen and oxygen atoms in total. The van der Waals surface area contributed by atoms with Gasteiger partial charge in [0, 0.05) is 33.6 Å². The van der Waals surface area contributed by atoms with Gasteiger partial charge in [0.25, 0.3) is 0 Å². The summed E-state index contributed by atoms with van der Waals surface area (Å²) in [6, 6.07) is 0.929. The molecule has 0 saturated carbocycles. The van der Waals surface area contributed by atoms with Crippen molar-refractivity contribution in [2.45, 2.75) is 50.4 Å². The van der Waals surface area contributed by atoms with Crippen LogP contribution in [0.25, 0.3) is 0 Å². The van der Waals surface area contributed by atoms with Gasteiger partial charge in [-0.05, 0) is 26.2 Å². The van der Waals surface area contributed by atoms with E-state index in [1.807, 2.05) is 11.8 Å². The van der Waals surface area contributed by atoms with Crippen LogP contribution in [0.2, 0.25) is 0 Å². The molecule has 2 unspecified atom stereocenters. The zero-order valence-electron chi connectivity index (χ0n) is 9.94. The van der Waals surface area contributed by atoms with Crippen molar-refractivity contribution in [3.05, 3.63) is 0 Å². The number of hydrogen-bond donors (Lipinski definition) is 1. The Morgan fingerprint density at radius 1 is 1.38 bits per heavy atom. The molecule has 16 heavy (non-hydrogen) atoms. The molecule has 0 spiro atoms. The molecule has 92 valence electrons. The molecule has 2 atom stereocenters. The number of hydrogen-bond acceptors (Lipinski definition) is 3. The van der Waals surface area contributed by atoms with Gasteiger partial charge >= 0.3 is 0 Å². The maximum atomic E-state index is 11.2. The molecular weight excluding hydrogens is 240 g/mol. The molecule has 2 rings (SSSR count). The van der Waals surface area contributed by atoms with Crippen LogP contribution in [0.5, 0.6) is 0 Å². The molecule has 1 N–H and O–H groups in total. The number of aliphatic imine (C=N–C) groups is 1. The number of thioether (sulfide) groups is 1. The normalized spacial score (nSPS) is 43.0. The molecule has 2 saturated heterocycles. The molecule has 0 amide bonds. The topological polar surface area (TPSA) is 41.5 Å².